The fourth-order valence-corrected chi connectivity index (χ4v) is 1.46. The van der Waals surface area contributed by atoms with Crippen LogP contribution in [0.5, 0.6) is 0 Å². The lowest BCUT2D eigenvalue weighted by atomic mass is 9.92. The molecule has 2 atom stereocenters. The second kappa shape index (κ2) is 6.89. The number of alkyl halides is 18. The van der Waals surface area contributed by atoms with Crippen molar-refractivity contribution in [3.8, 4) is 0 Å². The smallest absolute Gasteiger partial charge is 0.314 e. The molecule has 0 saturated carbocycles. The Labute approximate surface area is 140 Å². The van der Waals surface area contributed by atoms with Crippen molar-refractivity contribution < 1.29 is 83.8 Å². The fraction of sp³-hybridized carbons (Fsp3) is 1.00. The van der Waals surface area contributed by atoms with Crippen molar-refractivity contribution in [1.29, 1.82) is 0 Å². The van der Waals surface area contributed by atoms with Gasteiger partial charge in [0.15, 0.2) is 0 Å². The highest BCUT2D eigenvalue weighted by atomic mass is 19.4. The lowest BCUT2D eigenvalue weighted by molar-refractivity contribution is -0.452. The van der Waals surface area contributed by atoms with E-state index in [1.54, 1.807) is 4.74 Å². The number of hydrogen-bond acceptors (Lipinski definition) is 1. The minimum absolute atomic E-state index is 1.67. The molecule has 1 unspecified atom stereocenters. The zero-order valence-corrected chi connectivity index (χ0v) is 11.9. The van der Waals surface area contributed by atoms with Gasteiger partial charge in [0.05, 0.1) is 0 Å². The molecule has 0 aromatic carbocycles. The Morgan fingerprint density at radius 3 is 0.929 bits per heavy atom. The van der Waals surface area contributed by atoms with Gasteiger partial charge in [-0.3, -0.25) is 0 Å². The van der Waals surface area contributed by atoms with Crippen LogP contribution in [0.15, 0.2) is 0 Å². The quantitative estimate of drug-likeness (QED) is 0.468. The Kier molecular flexibility index (Phi) is 6.57. The van der Waals surface area contributed by atoms with Gasteiger partial charge >= 0.3 is 42.4 Å². The summed E-state index contributed by atoms with van der Waals surface area (Å²) in [5.74, 6) is -7.69. The normalized spacial score (nSPS) is 19.0. The summed E-state index contributed by atoms with van der Waals surface area (Å²) in [6.45, 7) is 0. The van der Waals surface area contributed by atoms with Gasteiger partial charge in [0, 0.05) is 0 Å². The number of hydrogen-bond donors (Lipinski definition) is 0. The molecular weight excluding hydrogens is 466 g/mol. The highest BCUT2D eigenvalue weighted by Gasteiger charge is 2.85. The lowest BCUT2D eigenvalue weighted by Gasteiger charge is -2.41. The Hall–Kier alpha value is -1.30. The van der Waals surface area contributed by atoms with Gasteiger partial charge in [-0.2, -0.15) is 70.2 Å². The van der Waals surface area contributed by atoms with Crippen LogP contribution in [-0.2, 0) is 4.74 Å². The van der Waals surface area contributed by atoms with Crippen molar-refractivity contribution in [2.45, 2.75) is 54.7 Å². The topological polar surface area (TPSA) is 9.23 Å². The second-order valence-corrected chi connectivity index (χ2v) is 4.79. The number of rotatable bonds is 4. The Balaban J connectivity index is 6.75. The highest BCUT2D eigenvalue weighted by Crippen LogP contribution is 2.56. The van der Waals surface area contributed by atoms with Crippen LogP contribution in [0.1, 0.15) is 0 Å². The molecule has 19 heteroatoms. The third-order valence-corrected chi connectivity index (χ3v) is 2.77. The van der Waals surface area contributed by atoms with E-state index in [9.17, 15) is 79.0 Å². The molecule has 170 valence electrons. The first-order chi connectivity index (χ1) is 11.7. The molecule has 1 nitrogen and oxygen atoms in total. The molecule has 28 heavy (non-hydrogen) atoms. The van der Waals surface area contributed by atoms with Gasteiger partial charge < -0.3 is 4.74 Å². The predicted octanol–water partition coefficient (Wildman–Crippen LogP) is 5.90. The molecule has 0 fully saturated rings. The van der Waals surface area contributed by atoms with Crippen LogP contribution in [0, 0.1) is 0 Å². The van der Waals surface area contributed by atoms with Gasteiger partial charge in [0.25, 0.3) is 6.10 Å². The average molecular weight is 468 g/mol. The van der Waals surface area contributed by atoms with Crippen LogP contribution in [0.2, 0.25) is 0 Å². The summed E-state index contributed by atoms with van der Waals surface area (Å²) >= 11 is 0. The summed E-state index contributed by atoms with van der Waals surface area (Å²) in [5, 5.41) is 0. The fourth-order valence-electron chi connectivity index (χ4n) is 1.46. The SMILES string of the molecule is FC(C(F)(C(F)(F)F)C(F)(F)F)[C@](F)(OC(C(F)(F)F)C(F)(F)F)C(F)(F)F. The van der Waals surface area contributed by atoms with Crippen LogP contribution in [0.3, 0.4) is 0 Å². The van der Waals surface area contributed by atoms with E-state index in [0.29, 0.717) is 0 Å². The van der Waals surface area contributed by atoms with Crippen LogP contribution in [0.4, 0.5) is 79.0 Å². The average Bonchev–Trinajstić information content (AvgIpc) is 2.36. The highest BCUT2D eigenvalue weighted by molar-refractivity contribution is 5.08. The van der Waals surface area contributed by atoms with Gasteiger partial charge in [-0.15, -0.1) is 0 Å². The zero-order chi connectivity index (χ0) is 23.4. The van der Waals surface area contributed by atoms with Crippen LogP contribution >= 0.6 is 0 Å². The third kappa shape index (κ3) is 4.64. The van der Waals surface area contributed by atoms with Gasteiger partial charge in [-0.25, -0.2) is 8.78 Å². The first kappa shape index (κ1) is 26.7. The minimum atomic E-state index is -7.91. The van der Waals surface area contributed by atoms with Crippen molar-refractivity contribution in [3.63, 3.8) is 0 Å². The molecule has 0 N–H and O–H groups in total. The Bertz CT molecular complexity index is 504. The summed E-state index contributed by atoms with van der Waals surface area (Å²) in [6, 6.07) is 0. The van der Waals surface area contributed by atoms with E-state index in [-0.39, 0.29) is 0 Å². The molecule has 0 radical (unpaired) electrons. The summed E-state index contributed by atoms with van der Waals surface area (Å²) in [4.78, 5) is 0. The monoisotopic (exact) mass is 468 g/mol. The lowest BCUT2D eigenvalue weighted by Crippen LogP contribution is -2.70. The number of halogens is 18. The Morgan fingerprint density at radius 2 is 0.750 bits per heavy atom. The van der Waals surface area contributed by atoms with Crippen molar-refractivity contribution in [2.75, 3.05) is 0 Å². The van der Waals surface area contributed by atoms with Crippen LogP contribution < -0.4 is 0 Å². The summed E-state index contributed by atoms with van der Waals surface area (Å²) in [5.41, 5.74) is -7.91. The van der Waals surface area contributed by atoms with Gasteiger partial charge in [0.2, 0.25) is 6.17 Å². The molecule has 0 rings (SSSR count). The molecule has 0 amide bonds. The standard InChI is InChI=1S/C9H2F18O/c10-1(3(11,7(19,20)21)8(22,23)24)4(12,9(25,26)27)28-2(5(13,14)15)6(16,17)18/h1-2H/t1?,4-/m0/s1. The van der Waals surface area contributed by atoms with Gasteiger partial charge in [-0.1, -0.05) is 0 Å². The molecule has 0 bridgehead atoms. The van der Waals surface area contributed by atoms with Gasteiger partial charge in [-0.05, 0) is 0 Å². The molecule has 0 aromatic rings. The maximum atomic E-state index is 13.6. The first-order valence-corrected chi connectivity index (χ1v) is 5.78. The number of ether oxygens (including phenoxy) is 1. The van der Waals surface area contributed by atoms with Crippen LogP contribution in [-0.4, -0.2) is 54.7 Å². The summed E-state index contributed by atoms with van der Waals surface area (Å²) in [7, 11) is 0. The molecule has 0 aliphatic rings. The second-order valence-electron chi connectivity index (χ2n) is 4.79. The molecule has 0 aliphatic carbocycles. The predicted molar refractivity (Wildman–Crippen MR) is 47.7 cm³/mol. The maximum Gasteiger partial charge on any atom is 0.451 e. The van der Waals surface area contributed by atoms with Crippen molar-refractivity contribution in [1.82, 2.24) is 0 Å². The minimum Gasteiger partial charge on any atom is -0.314 e. The van der Waals surface area contributed by atoms with E-state index >= 15 is 0 Å². The largest absolute Gasteiger partial charge is 0.451 e. The van der Waals surface area contributed by atoms with E-state index in [2.05, 4.69) is 0 Å². The molecular formula is C9H2F18O. The van der Waals surface area contributed by atoms with E-state index in [0.717, 1.165) is 0 Å². The zero-order valence-electron chi connectivity index (χ0n) is 11.9. The Morgan fingerprint density at radius 1 is 0.464 bits per heavy atom. The van der Waals surface area contributed by atoms with E-state index in [1.807, 2.05) is 0 Å². The maximum absolute atomic E-state index is 13.6. The van der Waals surface area contributed by atoms with Gasteiger partial charge in [0.1, 0.15) is 0 Å². The molecule has 0 heterocycles. The molecule has 0 spiro atoms. The molecule has 0 aliphatic heterocycles. The van der Waals surface area contributed by atoms with Crippen molar-refractivity contribution >= 4 is 0 Å². The summed E-state index contributed by atoms with van der Waals surface area (Å²) < 4.78 is 225. The van der Waals surface area contributed by atoms with Crippen LogP contribution in [0.25, 0.3) is 0 Å². The third-order valence-electron chi connectivity index (χ3n) is 2.77. The van der Waals surface area contributed by atoms with E-state index < -0.39 is 54.7 Å². The van der Waals surface area contributed by atoms with E-state index in [1.165, 1.54) is 0 Å². The van der Waals surface area contributed by atoms with Crippen molar-refractivity contribution in [3.05, 3.63) is 0 Å². The molecule has 0 saturated heterocycles. The van der Waals surface area contributed by atoms with E-state index in [4.69, 9.17) is 0 Å². The molecule has 0 aromatic heterocycles. The first-order valence-electron chi connectivity index (χ1n) is 5.78. The van der Waals surface area contributed by atoms with Crippen molar-refractivity contribution in [2.24, 2.45) is 0 Å². The summed E-state index contributed by atoms with van der Waals surface area (Å²) in [6.07, 6.45) is -50.6.